The Hall–Kier alpha value is -3.41. The summed E-state index contributed by atoms with van der Waals surface area (Å²) >= 11 is 1.24. The summed E-state index contributed by atoms with van der Waals surface area (Å²) in [5, 5.41) is 3.00. The molecule has 170 valence electrons. The zero-order valence-corrected chi connectivity index (χ0v) is 19.6. The molecule has 2 heterocycles. The number of thiazole rings is 1. The van der Waals surface area contributed by atoms with E-state index in [9.17, 15) is 17.6 Å². The molecule has 0 spiro atoms. The highest BCUT2D eigenvalue weighted by Crippen LogP contribution is 2.38. The lowest BCUT2D eigenvalue weighted by molar-refractivity contribution is 0.102. The minimum atomic E-state index is -4.06. The van der Waals surface area contributed by atoms with E-state index >= 15 is 0 Å². The molecule has 0 unspecified atom stereocenters. The molecule has 0 fully saturated rings. The van der Waals surface area contributed by atoms with Gasteiger partial charge in [0.1, 0.15) is 10.7 Å². The number of imidazole rings is 1. The van der Waals surface area contributed by atoms with Crippen LogP contribution in [0.4, 0.5) is 9.52 Å². The number of nitrogens with zero attached hydrogens (tertiary/aromatic N) is 4. The van der Waals surface area contributed by atoms with Gasteiger partial charge in [0.25, 0.3) is 5.91 Å². The molecule has 4 rings (SSSR count). The Kier molecular flexibility index (Phi) is 6.11. The van der Waals surface area contributed by atoms with Crippen LogP contribution in [-0.2, 0) is 17.1 Å². The van der Waals surface area contributed by atoms with Gasteiger partial charge in [-0.15, -0.1) is 0 Å². The van der Waals surface area contributed by atoms with Crippen molar-refractivity contribution >= 4 is 32.4 Å². The molecule has 0 saturated heterocycles. The van der Waals surface area contributed by atoms with Crippen molar-refractivity contribution in [1.82, 2.24) is 18.8 Å². The first-order chi connectivity index (χ1) is 15.7. The minimum absolute atomic E-state index is 0.00757. The predicted octanol–water partition coefficient (Wildman–Crippen LogP) is 3.85. The number of hydrogen-bond acceptors (Lipinski definition) is 6. The number of rotatable bonds is 6. The Morgan fingerprint density at radius 3 is 2.52 bits per heavy atom. The first-order valence-electron chi connectivity index (χ1n) is 9.76. The topological polar surface area (TPSA) is 97.2 Å². The van der Waals surface area contributed by atoms with Crippen molar-refractivity contribution in [1.29, 1.82) is 0 Å². The number of anilines is 1. The maximum atomic E-state index is 14.2. The molecule has 33 heavy (non-hydrogen) atoms. The quantitative estimate of drug-likeness (QED) is 0.447. The van der Waals surface area contributed by atoms with Gasteiger partial charge in [0.2, 0.25) is 10.0 Å². The van der Waals surface area contributed by atoms with E-state index in [1.54, 1.807) is 6.20 Å². The van der Waals surface area contributed by atoms with Crippen LogP contribution >= 0.6 is 11.3 Å². The molecule has 0 saturated carbocycles. The highest BCUT2D eigenvalue weighted by Gasteiger charge is 2.24. The minimum Gasteiger partial charge on any atom is -0.333 e. The fourth-order valence-electron chi connectivity index (χ4n) is 3.11. The molecule has 1 amide bonds. The van der Waals surface area contributed by atoms with Gasteiger partial charge in [0.15, 0.2) is 11.0 Å². The number of benzene rings is 2. The zero-order valence-electron chi connectivity index (χ0n) is 18.0. The number of aromatic nitrogens is 3. The average molecular weight is 486 g/mol. The summed E-state index contributed by atoms with van der Waals surface area (Å²) < 4.78 is 41.7. The molecule has 0 aliphatic rings. The first-order valence-corrected chi connectivity index (χ1v) is 12.0. The maximum Gasteiger partial charge on any atom is 0.257 e. The number of halogens is 1. The van der Waals surface area contributed by atoms with Crippen molar-refractivity contribution in [3.63, 3.8) is 0 Å². The van der Waals surface area contributed by atoms with Crippen LogP contribution in [0.3, 0.4) is 0 Å². The van der Waals surface area contributed by atoms with Gasteiger partial charge in [0, 0.05) is 44.7 Å². The summed E-state index contributed by atoms with van der Waals surface area (Å²) in [5.74, 6) is -0.851. The third-order valence-corrected chi connectivity index (χ3v) is 7.67. The maximum absolute atomic E-state index is 14.2. The highest BCUT2D eigenvalue weighted by atomic mass is 32.2. The fraction of sp³-hybridized carbons (Fsp3) is 0.136. The van der Waals surface area contributed by atoms with Gasteiger partial charge < -0.3 is 4.57 Å². The normalized spacial score (nSPS) is 11.7. The zero-order chi connectivity index (χ0) is 23.8. The van der Waals surface area contributed by atoms with Crippen LogP contribution in [0.15, 0.2) is 65.8 Å². The number of hydrogen-bond donors (Lipinski definition) is 1. The van der Waals surface area contributed by atoms with Gasteiger partial charge in [-0.25, -0.2) is 27.1 Å². The monoisotopic (exact) mass is 485 g/mol. The van der Waals surface area contributed by atoms with Gasteiger partial charge >= 0.3 is 0 Å². The third kappa shape index (κ3) is 4.42. The summed E-state index contributed by atoms with van der Waals surface area (Å²) in [6.45, 7) is 0. The predicted molar refractivity (Wildman–Crippen MR) is 125 cm³/mol. The number of carbonyl (C=O) groups is 1. The van der Waals surface area contributed by atoms with E-state index in [0.717, 1.165) is 26.9 Å². The average Bonchev–Trinajstić information content (AvgIpc) is 3.40. The standard InChI is InChI=1S/C22H20FN5O3S2/c1-27(2)33(30,31)17-13-15(9-10-16(17)23)21(29)26-22-25-18(14-7-5-4-6-8-14)19(32-22)20-24-11-12-28(20)3/h4-13H,1-3H3,(H,25,26,29). The van der Waals surface area contributed by atoms with Crippen molar-refractivity contribution in [2.75, 3.05) is 19.4 Å². The van der Waals surface area contributed by atoms with Crippen LogP contribution in [0, 0.1) is 5.82 Å². The SMILES string of the molecule is CN(C)S(=O)(=O)c1cc(C(=O)Nc2nc(-c3ccccc3)c(-c3nccn3C)s2)ccc1F. The van der Waals surface area contributed by atoms with Crippen LogP contribution in [0.25, 0.3) is 22.0 Å². The van der Waals surface area contributed by atoms with E-state index in [1.165, 1.54) is 31.5 Å². The van der Waals surface area contributed by atoms with E-state index in [0.29, 0.717) is 16.6 Å². The molecule has 0 aliphatic heterocycles. The second-order valence-electron chi connectivity index (χ2n) is 7.31. The van der Waals surface area contributed by atoms with E-state index in [4.69, 9.17) is 0 Å². The Morgan fingerprint density at radius 1 is 1.15 bits per heavy atom. The highest BCUT2D eigenvalue weighted by molar-refractivity contribution is 7.89. The van der Waals surface area contributed by atoms with Crippen molar-refractivity contribution in [3.05, 3.63) is 72.3 Å². The number of aryl methyl sites for hydroxylation is 1. The molecule has 8 nitrogen and oxygen atoms in total. The first kappa shape index (κ1) is 22.8. The summed E-state index contributed by atoms with van der Waals surface area (Å²) in [4.78, 5) is 22.1. The van der Waals surface area contributed by atoms with Crippen LogP contribution in [0.5, 0.6) is 0 Å². The second kappa shape index (κ2) is 8.85. The molecule has 1 N–H and O–H groups in total. The van der Waals surface area contributed by atoms with Gasteiger partial charge in [-0.2, -0.15) is 0 Å². The Morgan fingerprint density at radius 2 is 1.88 bits per heavy atom. The van der Waals surface area contributed by atoms with Crippen molar-refractivity contribution in [2.24, 2.45) is 7.05 Å². The van der Waals surface area contributed by atoms with Crippen LogP contribution < -0.4 is 5.32 Å². The molecule has 0 aliphatic carbocycles. The van der Waals surface area contributed by atoms with Crippen LogP contribution in [-0.4, -0.2) is 47.3 Å². The number of sulfonamides is 1. The van der Waals surface area contributed by atoms with Gasteiger partial charge in [0.05, 0.1) is 10.6 Å². The third-order valence-electron chi connectivity index (χ3n) is 4.87. The molecule has 0 bridgehead atoms. The molecule has 0 atom stereocenters. The largest absolute Gasteiger partial charge is 0.333 e. The number of carbonyl (C=O) groups excluding carboxylic acids is 1. The molecule has 2 aromatic carbocycles. The summed E-state index contributed by atoms with van der Waals surface area (Å²) in [7, 11) is 0.392. The lowest BCUT2D eigenvalue weighted by Gasteiger charge is -2.13. The molecular formula is C22H20FN5O3S2. The second-order valence-corrected chi connectivity index (χ2v) is 10.4. The van der Waals surface area contributed by atoms with Crippen LogP contribution in [0.1, 0.15) is 10.4 Å². The van der Waals surface area contributed by atoms with Crippen molar-refractivity contribution in [2.45, 2.75) is 4.90 Å². The summed E-state index contributed by atoms with van der Waals surface area (Å²) in [5.41, 5.74) is 1.50. The van der Waals surface area contributed by atoms with E-state index in [2.05, 4.69) is 15.3 Å². The summed E-state index contributed by atoms with van der Waals surface area (Å²) in [6.07, 6.45) is 3.49. The molecule has 11 heteroatoms. The summed E-state index contributed by atoms with van der Waals surface area (Å²) in [6, 6.07) is 12.7. The van der Waals surface area contributed by atoms with Crippen molar-refractivity contribution in [3.8, 4) is 22.0 Å². The van der Waals surface area contributed by atoms with Gasteiger partial charge in [-0.1, -0.05) is 41.7 Å². The molecular weight excluding hydrogens is 465 g/mol. The van der Waals surface area contributed by atoms with E-state index in [-0.39, 0.29) is 5.56 Å². The smallest absolute Gasteiger partial charge is 0.257 e. The number of amides is 1. The van der Waals surface area contributed by atoms with Crippen LogP contribution in [0.2, 0.25) is 0 Å². The van der Waals surface area contributed by atoms with E-state index in [1.807, 2.05) is 48.1 Å². The molecule has 2 aromatic heterocycles. The Balaban J connectivity index is 1.71. The Bertz CT molecular complexity index is 1430. The lowest BCUT2D eigenvalue weighted by atomic mass is 10.1. The Labute approximate surface area is 194 Å². The lowest BCUT2D eigenvalue weighted by Crippen LogP contribution is -2.24. The van der Waals surface area contributed by atoms with Gasteiger partial charge in [-0.3, -0.25) is 10.1 Å². The fourth-order valence-corrected chi connectivity index (χ4v) is 5.12. The van der Waals surface area contributed by atoms with Gasteiger partial charge in [-0.05, 0) is 18.2 Å². The number of nitrogens with one attached hydrogen (secondary N) is 1. The van der Waals surface area contributed by atoms with E-state index < -0.39 is 26.6 Å². The molecule has 4 aromatic rings. The molecule has 0 radical (unpaired) electrons. The van der Waals surface area contributed by atoms with Crippen molar-refractivity contribution < 1.29 is 17.6 Å².